The van der Waals surface area contributed by atoms with Crippen LogP contribution in [-0.2, 0) is 0 Å². The van der Waals surface area contributed by atoms with Gasteiger partial charge in [-0.1, -0.05) is 25.1 Å². The van der Waals surface area contributed by atoms with Crippen molar-refractivity contribution in [3.05, 3.63) is 30.3 Å². The number of piperidine rings is 1. The molecule has 0 spiro atoms. The monoisotopic (exact) mass is 485 g/mol. The van der Waals surface area contributed by atoms with E-state index in [-0.39, 0.29) is 24.0 Å². The Balaban J connectivity index is 0.00000261. The number of rotatable bonds is 5. The average molecular weight is 485 g/mol. The van der Waals surface area contributed by atoms with E-state index in [1.165, 1.54) is 31.5 Å². The molecule has 0 radical (unpaired) electrons. The fourth-order valence-corrected chi connectivity index (χ4v) is 4.09. The average Bonchev–Trinajstić information content (AvgIpc) is 2.69. The number of likely N-dealkylation sites (tertiary alicyclic amines) is 1. The molecular weight excluding hydrogens is 449 g/mol. The van der Waals surface area contributed by atoms with Gasteiger partial charge in [-0.15, -0.1) is 24.0 Å². The van der Waals surface area contributed by atoms with Crippen LogP contribution in [-0.4, -0.2) is 75.2 Å². The van der Waals surface area contributed by atoms with Crippen molar-refractivity contribution in [1.82, 2.24) is 15.1 Å². The van der Waals surface area contributed by atoms with E-state index in [0.717, 1.165) is 57.7 Å². The molecule has 1 N–H and O–H groups in total. The first-order valence-electron chi connectivity index (χ1n) is 10.2. The first-order valence-corrected chi connectivity index (χ1v) is 10.2. The largest absolute Gasteiger partial charge is 0.369 e. The number of hydrogen-bond donors (Lipinski definition) is 1. The zero-order valence-corrected chi connectivity index (χ0v) is 19.3. The zero-order valence-electron chi connectivity index (χ0n) is 16.9. The highest BCUT2D eigenvalue weighted by Gasteiger charge is 2.19. The summed E-state index contributed by atoms with van der Waals surface area (Å²) in [6.45, 7) is 11.4. The topological polar surface area (TPSA) is 34.1 Å². The van der Waals surface area contributed by atoms with Crippen LogP contribution in [0.4, 0.5) is 5.69 Å². The summed E-state index contributed by atoms with van der Waals surface area (Å²) in [6, 6.07) is 10.8. The Morgan fingerprint density at radius 2 is 1.85 bits per heavy atom. The second-order valence-corrected chi connectivity index (χ2v) is 7.69. The minimum Gasteiger partial charge on any atom is -0.369 e. The Kier molecular flexibility index (Phi) is 9.68. The molecule has 1 unspecified atom stereocenters. The molecule has 0 amide bonds. The molecule has 2 saturated heterocycles. The van der Waals surface area contributed by atoms with Crippen LogP contribution in [0.25, 0.3) is 0 Å². The maximum absolute atomic E-state index is 4.49. The van der Waals surface area contributed by atoms with Crippen molar-refractivity contribution >= 4 is 35.6 Å². The number of aliphatic imine (C=N–C) groups is 1. The van der Waals surface area contributed by atoms with Crippen molar-refractivity contribution in [2.45, 2.75) is 26.2 Å². The van der Waals surface area contributed by atoms with Crippen molar-refractivity contribution in [3.63, 3.8) is 0 Å². The van der Waals surface area contributed by atoms with Crippen molar-refractivity contribution in [1.29, 1.82) is 0 Å². The molecule has 0 aliphatic carbocycles. The predicted octanol–water partition coefficient (Wildman–Crippen LogP) is 3.12. The lowest BCUT2D eigenvalue weighted by Gasteiger charge is -2.36. The third-order valence-electron chi connectivity index (χ3n) is 5.60. The summed E-state index contributed by atoms with van der Waals surface area (Å²) in [5.74, 6) is 1.87. The molecule has 1 aromatic rings. The van der Waals surface area contributed by atoms with E-state index in [1.807, 2.05) is 7.05 Å². The Labute approximate surface area is 182 Å². The molecule has 6 heteroatoms. The van der Waals surface area contributed by atoms with E-state index < -0.39 is 0 Å². The van der Waals surface area contributed by atoms with Gasteiger partial charge in [0.15, 0.2) is 5.96 Å². The number of halogens is 1. The molecule has 2 heterocycles. The molecule has 2 aliphatic heterocycles. The highest BCUT2D eigenvalue weighted by Crippen LogP contribution is 2.16. The van der Waals surface area contributed by atoms with E-state index in [1.54, 1.807) is 0 Å². The van der Waals surface area contributed by atoms with Gasteiger partial charge in [0.25, 0.3) is 0 Å². The number of para-hydroxylation sites is 1. The van der Waals surface area contributed by atoms with Crippen LogP contribution in [0.5, 0.6) is 0 Å². The number of guanidine groups is 1. The van der Waals surface area contributed by atoms with E-state index in [4.69, 9.17) is 0 Å². The number of benzene rings is 1. The molecule has 2 fully saturated rings. The Hall–Kier alpha value is -1.02. The molecule has 0 aromatic heterocycles. The smallest absolute Gasteiger partial charge is 0.193 e. The fourth-order valence-electron chi connectivity index (χ4n) is 4.09. The van der Waals surface area contributed by atoms with Gasteiger partial charge < -0.3 is 15.1 Å². The third-order valence-corrected chi connectivity index (χ3v) is 5.60. The van der Waals surface area contributed by atoms with Crippen molar-refractivity contribution < 1.29 is 0 Å². The molecule has 0 bridgehead atoms. The van der Waals surface area contributed by atoms with E-state index in [0.29, 0.717) is 0 Å². The van der Waals surface area contributed by atoms with Gasteiger partial charge in [-0.3, -0.25) is 9.89 Å². The molecule has 5 nitrogen and oxygen atoms in total. The van der Waals surface area contributed by atoms with Gasteiger partial charge in [-0.05, 0) is 43.9 Å². The van der Waals surface area contributed by atoms with Gasteiger partial charge in [-0.2, -0.15) is 0 Å². The second-order valence-electron chi connectivity index (χ2n) is 7.69. The Bertz CT molecular complexity index is 557. The van der Waals surface area contributed by atoms with Gasteiger partial charge >= 0.3 is 0 Å². The van der Waals surface area contributed by atoms with Crippen molar-refractivity contribution in [2.24, 2.45) is 10.9 Å². The Morgan fingerprint density at radius 3 is 2.52 bits per heavy atom. The van der Waals surface area contributed by atoms with Gasteiger partial charge in [0.05, 0.1) is 0 Å². The summed E-state index contributed by atoms with van der Waals surface area (Å²) < 4.78 is 0. The quantitative estimate of drug-likeness (QED) is 0.301. The molecule has 2 aliphatic rings. The summed E-state index contributed by atoms with van der Waals surface area (Å²) in [5, 5.41) is 3.57. The summed E-state index contributed by atoms with van der Waals surface area (Å²) >= 11 is 0. The number of anilines is 1. The lowest BCUT2D eigenvalue weighted by molar-refractivity contribution is 0.251. The van der Waals surface area contributed by atoms with E-state index in [2.05, 4.69) is 62.3 Å². The molecule has 0 saturated carbocycles. The zero-order chi connectivity index (χ0) is 18.2. The molecule has 27 heavy (non-hydrogen) atoms. The molecule has 152 valence electrons. The highest BCUT2D eigenvalue weighted by molar-refractivity contribution is 14.0. The predicted molar refractivity (Wildman–Crippen MR) is 126 cm³/mol. The highest BCUT2D eigenvalue weighted by atomic mass is 127. The molecule has 1 atom stereocenters. The lowest BCUT2D eigenvalue weighted by Crippen LogP contribution is -2.48. The maximum Gasteiger partial charge on any atom is 0.193 e. The van der Waals surface area contributed by atoms with Gasteiger partial charge in [0.2, 0.25) is 0 Å². The lowest BCUT2D eigenvalue weighted by atomic mass is 10.0. The summed E-state index contributed by atoms with van der Waals surface area (Å²) in [6.07, 6.45) is 3.81. The van der Waals surface area contributed by atoms with Crippen LogP contribution in [0.2, 0.25) is 0 Å². The summed E-state index contributed by atoms with van der Waals surface area (Å²) in [5.41, 5.74) is 1.35. The molecule has 1 aromatic carbocycles. The number of piperazine rings is 1. The van der Waals surface area contributed by atoms with Crippen LogP contribution < -0.4 is 10.2 Å². The van der Waals surface area contributed by atoms with E-state index >= 15 is 0 Å². The minimum absolute atomic E-state index is 0. The van der Waals surface area contributed by atoms with E-state index in [9.17, 15) is 0 Å². The van der Waals surface area contributed by atoms with Crippen molar-refractivity contribution in [2.75, 3.05) is 64.3 Å². The number of hydrogen-bond acceptors (Lipinski definition) is 3. The third kappa shape index (κ3) is 6.82. The van der Waals surface area contributed by atoms with Crippen LogP contribution in [0.1, 0.15) is 26.2 Å². The number of nitrogens with zero attached hydrogens (tertiary/aromatic N) is 4. The minimum atomic E-state index is 0. The first-order chi connectivity index (χ1) is 12.8. The summed E-state index contributed by atoms with van der Waals surface area (Å²) in [4.78, 5) is 12.0. The van der Waals surface area contributed by atoms with Crippen molar-refractivity contribution in [3.8, 4) is 0 Å². The normalized spacial score (nSPS) is 21.7. The first kappa shape index (κ1) is 22.3. The Morgan fingerprint density at radius 1 is 1.11 bits per heavy atom. The SMILES string of the molecule is CN=C(NCCCN1CCN(c2ccccc2)CC1)N1CCCC(C)C1.I. The van der Waals surface area contributed by atoms with Crippen LogP contribution in [0, 0.1) is 5.92 Å². The number of nitrogens with one attached hydrogen (secondary N) is 1. The van der Waals surface area contributed by atoms with Gasteiger partial charge in [0, 0.05) is 58.5 Å². The second kappa shape index (κ2) is 11.7. The van der Waals surface area contributed by atoms with Crippen LogP contribution >= 0.6 is 24.0 Å². The molecular formula is C21H36IN5. The fraction of sp³-hybridized carbons (Fsp3) is 0.667. The van der Waals surface area contributed by atoms with Crippen LogP contribution in [0.15, 0.2) is 35.3 Å². The van der Waals surface area contributed by atoms with Gasteiger partial charge in [-0.25, -0.2) is 0 Å². The van der Waals surface area contributed by atoms with Gasteiger partial charge in [0.1, 0.15) is 0 Å². The summed E-state index contributed by atoms with van der Waals surface area (Å²) in [7, 11) is 1.91. The standard InChI is InChI=1S/C21H35N5.HI/c1-19-8-6-13-26(18-19)21(22-2)23-11-7-12-24-14-16-25(17-15-24)20-9-4-3-5-10-20;/h3-5,9-10,19H,6-8,11-18H2,1-2H3,(H,22,23);1H. The molecule has 3 rings (SSSR count). The van der Waals surface area contributed by atoms with Crippen LogP contribution in [0.3, 0.4) is 0 Å². The maximum atomic E-state index is 4.49.